The van der Waals surface area contributed by atoms with E-state index in [1.807, 2.05) is 36.4 Å². The molecule has 1 aromatic heterocycles. The van der Waals surface area contributed by atoms with Gasteiger partial charge in [-0.15, -0.1) is 11.3 Å². The Hall–Kier alpha value is -2.84. The minimum absolute atomic E-state index is 0.138. The van der Waals surface area contributed by atoms with Gasteiger partial charge in [0.1, 0.15) is 5.00 Å². The molecule has 37 heavy (non-hydrogen) atoms. The van der Waals surface area contributed by atoms with E-state index in [1.165, 1.54) is 4.88 Å². The SMILES string of the molecule is COc1ccc(C=Nc2sc3c(c2C(=O)Nc2ccc(Br)cc2)CC[C@@H](C(C)(C)C)C3)c(OC)c1OC. The molecule has 1 heterocycles. The molecule has 0 saturated heterocycles. The first-order valence-corrected chi connectivity index (χ1v) is 13.8. The number of halogens is 1. The van der Waals surface area contributed by atoms with Gasteiger partial charge in [-0.2, -0.15) is 0 Å². The van der Waals surface area contributed by atoms with E-state index in [1.54, 1.807) is 38.9 Å². The summed E-state index contributed by atoms with van der Waals surface area (Å²) >= 11 is 5.06. The predicted molar refractivity (Wildman–Crippen MR) is 155 cm³/mol. The van der Waals surface area contributed by atoms with E-state index in [-0.39, 0.29) is 11.3 Å². The van der Waals surface area contributed by atoms with E-state index in [0.29, 0.717) is 33.7 Å². The minimum Gasteiger partial charge on any atom is -0.493 e. The summed E-state index contributed by atoms with van der Waals surface area (Å²) in [6.45, 7) is 6.87. The average molecular weight is 586 g/mol. The number of hydrogen-bond donors (Lipinski definition) is 1. The van der Waals surface area contributed by atoms with Gasteiger partial charge in [-0.05, 0) is 72.6 Å². The number of nitrogens with one attached hydrogen (secondary N) is 1. The van der Waals surface area contributed by atoms with Crippen LogP contribution in [-0.2, 0) is 12.8 Å². The topological polar surface area (TPSA) is 69.2 Å². The molecule has 0 bridgehead atoms. The lowest BCUT2D eigenvalue weighted by Crippen LogP contribution is -2.27. The summed E-state index contributed by atoms with van der Waals surface area (Å²) in [5.41, 5.74) is 3.46. The Morgan fingerprint density at radius 2 is 1.76 bits per heavy atom. The van der Waals surface area contributed by atoms with Crippen LogP contribution in [0.3, 0.4) is 0 Å². The van der Waals surface area contributed by atoms with E-state index in [4.69, 9.17) is 19.2 Å². The average Bonchev–Trinajstić information content (AvgIpc) is 3.25. The summed E-state index contributed by atoms with van der Waals surface area (Å²) in [4.78, 5) is 19.7. The van der Waals surface area contributed by atoms with Crippen LogP contribution in [0, 0.1) is 11.3 Å². The highest BCUT2D eigenvalue weighted by Crippen LogP contribution is 2.46. The van der Waals surface area contributed by atoms with Gasteiger partial charge in [-0.1, -0.05) is 36.7 Å². The number of nitrogens with zero attached hydrogens (tertiary/aromatic N) is 1. The van der Waals surface area contributed by atoms with Crippen LogP contribution in [0.15, 0.2) is 45.9 Å². The summed E-state index contributed by atoms with van der Waals surface area (Å²) in [5.74, 6) is 2.02. The van der Waals surface area contributed by atoms with Gasteiger partial charge >= 0.3 is 0 Å². The number of benzene rings is 2. The molecule has 0 saturated carbocycles. The highest BCUT2D eigenvalue weighted by molar-refractivity contribution is 9.10. The van der Waals surface area contributed by atoms with Crippen LogP contribution >= 0.6 is 27.3 Å². The number of fused-ring (bicyclic) bond motifs is 1. The smallest absolute Gasteiger partial charge is 0.259 e. The van der Waals surface area contributed by atoms with Crippen molar-refractivity contribution in [2.24, 2.45) is 16.3 Å². The van der Waals surface area contributed by atoms with Crippen molar-refractivity contribution in [1.82, 2.24) is 0 Å². The molecule has 0 unspecified atom stereocenters. The quantitative estimate of drug-likeness (QED) is 0.289. The molecule has 1 N–H and O–H groups in total. The van der Waals surface area contributed by atoms with Crippen LogP contribution in [0.5, 0.6) is 17.2 Å². The Morgan fingerprint density at radius 1 is 1.05 bits per heavy atom. The Morgan fingerprint density at radius 3 is 2.38 bits per heavy atom. The van der Waals surface area contributed by atoms with Gasteiger partial charge in [-0.3, -0.25) is 4.79 Å². The van der Waals surface area contributed by atoms with E-state index in [9.17, 15) is 4.79 Å². The van der Waals surface area contributed by atoms with Crippen molar-refractivity contribution in [2.75, 3.05) is 26.6 Å². The molecule has 8 heteroatoms. The van der Waals surface area contributed by atoms with E-state index in [0.717, 1.165) is 40.5 Å². The van der Waals surface area contributed by atoms with E-state index < -0.39 is 0 Å². The number of aliphatic imine (C=N–C) groups is 1. The standard InChI is InChI=1S/C29H33BrN2O4S/c1-29(2,3)18-8-13-21-23(15-18)37-28(24(21)27(33)32-20-11-9-19(30)10-12-20)31-16-17-7-14-22(34-4)26(36-6)25(17)35-5/h7,9-12,14,16,18H,8,13,15H2,1-6H3,(H,32,33)/t18-/m1/s1. The van der Waals surface area contributed by atoms with Crippen LogP contribution in [0.1, 0.15) is 53.6 Å². The molecule has 2 aromatic carbocycles. The zero-order chi connectivity index (χ0) is 26.7. The van der Waals surface area contributed by atoms with Gasteiger partial charge in [-0.25, -0.2) is 4.99 Å². The third-order valence-electron chi connectivity index (χ3n) is 6.86. The zero-order valence-corrected chi connectivity index (χ0v) is 24.5. The zero-order valence-electron chi connectivity index (χ0n) is 22.1. The number of anilines is 1. The summed E-state index contributed by atoms with van der Waals surface area (Å²) in [6, 6.07) is 11.3. The Kier molecular flexibility index (Phi) is 8.29. The van der Waals surface area contributed by atoms with Crippen LogP contribution in [0.4, 0.5) is 10.7 Å². The molecule has 0 spiro atoms. The fourth-order valence-corrected chi connectivity index (χ4v) is 6.25. The number of carbonyl (C=O) groups is 1. The van der Waals surface area contributed by atoms with Crippen molar-refractivity contribution < 1.29 is 19.0 Å². The van der Waals surface area contributed by atoms with Crippen molar-refractivity contribution in [3.63, 3.8) is 0 Å². The second-order valence-electron chi connectivity index (χ2n) is 10.1. The molecular formula is C29H33BrN2O4S. The summed E-state index contributed by atoms with van der Waals surface area (Å²) in [5, 5.41) is 3.77. The molecule has 0 fully saturated rings. The summed E-state index contributed by atoms with van der Waals surface area (Å²) in [6.07, 6.45) is 4.61. The van der Waals surface area contributed by atoms with Crippen molar-refractivity contribution in [1.29, 1.82) is 0 Å². The third-order valence-corrected chi connectivity index (χ3v) is 8.55. The number of thiophene rings is 1. The fraction of sp³-hybridized carbons (Fsp3) is 0.379. The van der Waals surface area contributed by atoms with Crippen LogP contribution in [0.2, 0.25) is 0 Å². The van der Waals surface area contributed by atoms with Crippen molar-refractivity contribution in [3.8, 4) is 17.2 Å². The number of hydrogen-bond acceptors (Lipinski definition) is 6. The summed E-state index contributed by atoms with van der Waals surface area (Å²) < 4.78 is 17.5. The van der Waals surface area contributed by atoms with Crippen molar-refractivity contribution in [3.05, 3.63) is 62.4 Å². The number of rotatable bonds is 7. The molecule has 3 aromatic rings. The second-order valence-corrected chi connectivity index (χ2v) is 12.1. The number of carbonyl (C=O) groups excluding carboxylic acids is 1. The Labute approximate surface area is 231 Å². The van der Waals surface area contributed by atoms with Gasteiger partial charge in [0, 0.05) is 26.8 Å². The third kappa shape index (κ3) is 5.85. The van der Waals surface area contributed by atoms with Gasteiger partial charge in [0.2, 0.25) is 5.75 Å². The van der Waals surface area contributed by atoms with Gasteiger partial charge in [0.15, 0.2) is 11.5 Å². The number of methoxy groups -OCH3 is 3. The first-order valence-electron chi connectivity index (χ1n) is 12.2. The Bertz CT molecular complexity index is 1310. The fourth-order valence-electron chi connectivity index (χ4n) is 4.72. The molecule has 1 aliphatic carbocycles. The van der Waals surface area contributed by atoms with Gasteiger partial charge in [0.25, 0.3) is 5.91 Å². The largest absolute Gasteiger partial charge is 0.493 e. The normalized spacial score (nSPS) is 15.4. The van der Waals surface area contributed by atoms with Crippen molar-refractivity contribution in [2.45, 2.75) is 40.0 Å². The highest BCUT2D eigenvalue weighted by Gasteiger charge is 2.33. The van der Waals surface area contributed by atoms with Gasteiger partial charge < -0.3 is 19.5 Å². The molecule has 4 rings (SSSR count). The molecule has 1 atom stereocenters. The highest BCUT2D eigenvalue weighted by atomic mass is 79.9. The van der Waals surface area contributed by atoms with Crippen LogP contribution in [-0.4, -0.2) is 33.5 Å². The van der Waals surface area contributed by atoms with Crippen molar-refractivity contribution >= 4 is 50.1 Å². The Balaban J connectivity index is 1.75. The number of ether oxygens (including phenoxy) is 3. The van der Waals surface area contributed by atoms with Crippen LogP contribution < -0.4 is 19.5 Å². The predicted octanol–water partition coefficient (Wildman–Crippen LogP) is 7.69. The second kappa shape index (κ2) is 11.3. The lowest BCUT2D eigenvalue weighted by molar-refractivity contribution is 0.102. The molecule has 1 amide bonds. The molecule has 196 valence electrons. The minimum atomic E-state index is -0.138. The maximum atomic E-state index is 13.6. The first-order chi connectivity index (χ1) is 17.7. The molecule has 0 radical (unpaired) electrons. The maximum absolute atomic E-state index is 13.6. The van der Waals surface area contributed by atoms with Gasteiger partial charge in [0.05, 0.1) is 26.9 Å². The lowest BCUT2D eigenvalue weighted by Gasteiger charge is -2.33. The maximum Gasteiger partial charge on any atom is 0.259 e. The molecule has 6 nitrogen and oxygen atoms in total. The first kappa shape index (κ1) is 27.2. The van der Waals surface area contributed by atoms with E-state index >= 15 is 0 Å². The lowest BCUT2D eigenvalue weighted by atomic mass is 9.72. The monoisotopic (exact) mass is 584 g/mol. The number of amides is 1. The summed E-state index contributed by atoms with van der Waals surface area (Å²) in [7, 11) is 4.75. The van der Waals surface area contributed by atoms with E-state index in [2.05, 4.69) is 42.0 Å². The molecule has 1 aliphatic rings. The molecule has 0 aliphatic heterocycles. The molecular weight excluding hydrogens is 552 g/mol. The van der Waals surface area contributed by atoms with Crippen LogP contribution in [0.25, 0.3) is 0 Å².